The topological polar surface area (TPSA) is 76.7 Å². The van der Waals surface area contributed by atoms with Gasteiger partial charge >= 0.3 is 0 Å². The third-order valence-electron chi connectivity index (χ3n) is 4.61. The Balaban J connectivity index is 1.59. The van der Waals surface area contributed by atoms with E-state index in [-0.39, 0.29) is 11.8 Å². The second-order valence-corrected chi connectivity index (χ2v) is 7.30. The Bertz CT molecular complexity index is 1080. The molecule has 1 atom stereocenters. The van der Waals surface area contributed by atoms with Crippen LogP contribution in [0, 0.1) is 6.92 Å². The lowest BCUT2D eigenvalue weighted by atomic mass is 10.2. The summed E-state index contributed by atoms with van der Waals surface area (Å²) < 4.78 is 10.8. The smallest absolute Gasteiger partial charge is 0.265 e. The highest BCUT2D eigenvalue weighted by Gasteiger charge is 2.16. The van der Waals surface area contributed by atoms with Gasteiger partial charge in [0.1, 0.15) is 11.5 Å². The van der Waals surface area contributed by atoms with Gasteiger partial charge in [0.25, 0.3) is 11.8 Å². The van der Waals surface area contributed by atoms with Crippen LogP contribution in [0.25, 0.3) is 0 Å². The Kier molecular flexibility index (Phi) is 7.15. The average Bonchev–Trinajstić information content (AvgIpc) is 2.76. The average molecular weight is 439 g/mol. The zero-order valence-electron chi connectivity index (χ0n) is 17.4. The van der Waals surface area contributed by atoms with E-state index in [0.717, 1.165) is 11.3 Å². The van der Waals surface area contributed by atoms with E-state index in [1.54, 1.807) is 49.4 Å². The number of rotatable bonds is 7. The molecule has 1 unspecified atom stereocenters. The molecule has 3 aromatic rings. The Morgan fingerprint density at radius 3 is 2.32 bits per heavy atom. The van der Waals surface area contributed by atoms with Crippen molar-refractivity contribution in [1.29, 1.82) is 0 Å². The number of ether oxygens (including phenoxy) is 2. The maximum atomic E-state index is 12.5. The number of para-hydroxylation sites is 1. The van der Waals surface area contributed by atoms with Crippen LogP contribution < -0.4 is 20.1 Å². The fourth-order valence-corrected chi connectivity index (χ4v) is 3.10. The van der Waals surface area contributed by atoms with Gasteiger partial charge in [-0.2, -0.15) is 0 Å². The van der Waals surface area contributed by atoms with Gasteiger partial charge in [0.05, 0.1) is 12.1 Å². The molecule has 0 heterocycles. The number of aryl methyl sites for hydroxylation is 1. The molecule has 2 N–H and O–H groups in total. The molecule has 6 nitrogen and oxygen atoms in total. The molecule has 3 aromatic carbocycles. The Morgan fingerprint density at radius 1 is 0.968 bits per heavy atom. The van der Waals surface area contributed by atoms with Crippen LogP contribution in [0.3, 0.4) is 0 Å². The predicted octanol–water partition coefficient (Wildman–Crippen LogP) is 5.32. The lowest BCUT2D eigenvalue weighted by Crippen LogP contribution is -2.30. The number of nitrogens with one attached hydrogen (secondary N) is 2. The maximum Gasteiger partial charge on any atom is 0.265 e. The first-order chi connectivity index (χ1) is 14.9. The molecule has 0 aliphatic heterocycles. The van der Waals surface area contributed by atoms with Crippen LogP contribution in [0.2, 0.25) is 5.02 Å². The van der Waals surface area contributed by atoms with Crippen molar-refractivity contribution in [3.05, 3.63) is 82.9 Å². The van der Waals surface area contributed by atoms with Gasteiger partial charge in [0.15, 0.2) is 6.10 Å². The summed E-state index contributed by atoms with van der Waals surface area (Å²) in [6.45, 7) is 3.59. The molecular weight excluding hydrogens is 416 g/mol. The Hall–Kier alpha value is -3.51. The summed E-state index contributed by atoms with van der Waals surface area (Å²) in [4.78, 5) is 24.9. The monoisotopic (exact) mass is 438 g/mol. The van der Waals surface area contributed by atoms with Crippen LogP contribution >= 0.6 is 11.6 Å². The number of anilines is 2. The van der Waals surface area contributed by atoms with Gasteiger partial charge in [-0.15, -0.1) is 0 Å². The van der Waals surface area contributed by atoms with Gasteiger partial charge in [-0.3, -0.25) is 9.59 Å². The van der Waals surface area contributed by atoms with E-state index >= 15 is 0 Å². The summed E-state index contributed by atoms with van der Waals surface area (Å²) >= 11 is 6.09. The summed E-state index contributed by atoms with van der Waals surface area (Å²) in [5.41, 5.74) is 2.71. The minimum atomic E-state index is -0.708. The van der Waals surface area contributed by atoms with Crippen LogP contribution in [0.4, 0.5) is 11.4 Å². The number of benzene rings is 3. The lowest BCUT2D eigenvalue weighted by molar-refractivity contribution is -0.122. The van der Waals surface area contributed by atoms with Crippen molar-refractivity contribution < 1.29 is 19.1 Å². The molecule has 0 radical (unpaired) electrons. The molecule has 31 heavy (non-hydrogen) atoms. The molecule has 3 rings (SSSR count). The summed E-state index contributed by atoms with van der Waals surface area (Å²) in [6.07, 6.45) is -0.708. The molecule has 0 spiro atoms. The van der Waals surface area contributed by atoms with Gasteiger partial charge in [-0.25, -0.2) is 0 Å². The Labute approximate surface area is 186 Å². The van der Waals surface area contributed by atoms with Crippen LogP contribution in [-0.2, 0) is 4.79 Å². The van der Waals surface area contributed by atoms with Gasteiger partial charge in [0, 0.05) is 16.9 Å². The first-order valence-corrected chi connectivity index (χ1v) is 10.0. The third kappa shape index (κ3) is 5.77. The molecule has 0 aliphatic rings. The van der Waals surface area contributed by atoms with Crippen molar-refractivity contribution in [2.45, 2.75) is 20.0 Å². The van der Waals surface area contributed by atoms with E-state index in [0.29, 0.717) is 27.8 Å². The fraction of sp³-hybridized carbons (Fsp3) is 0.167. The maximum absolute atomic E-state index is 12.5. The molecule has 0 fully saturated rings. The standard InChI is InChI=1S/C24H23ClN2O4/c1-15-6-4-5-7-21(15)27-23(28)16(2)31-19-11-8-17(9-12-19)24(29)26-18-10-13-22(30-3)20(25)14-18/h4-14,16H,1-3H3,(H,26,29)(H,27,28). The van der Waals surface area contributed by atoms with Gasteiger partial charge in [0.2, 0.25) is 0 Å². The van der Waals surface area contributed by atoms with Crippen molar-refractivity contribution in [2.24, 2.45) is 0 Å². The lowest BCUT2D eigenvalue weighted by Gasteiger charge is -2.16. The molecule has 0 aliphatic carbocycles. The number of carbonyl (C=O) groups excluding carboxylic acids is 2. The van der Waals surface area contributed by atoms with E-state index in [1.165, 1.54) is 7.11 Å². The molecule has 160 valence electrons. The van der Waals surface area contributed by atoms with Gasteiger partial charge in [-0.05, 0) is 67.9 Å². The van der Waals surface area contributed by atoms with Crippen molar-refractivity contribution in [2.75, 3.05) is 17.7 Å². The highest BCUT2D eigenvalue weighted by Crippen LogP contribution is 2.27. The number of hydrogen-bond donors (Lipinski definition) is 2. The molecule has 0 saturated heterocycles. The summed E-state index contributed by atoms with van der Waals surface area (Å²) in [5, 5.41) is 6.03. The second-order valence-electron chi connectivity index (χ2n) is 6.89. The number of halogens is 1. The minimum absolute atomic E-state index is 0.257. The van der Waals surface area contributed by atoms with E-state index < -0.39 is 6.10 Å². The molecular formula is C24H23ClN2O4. The summed E-state index contributed by atoms with van der Waals surface area (Å²) in [5.74, 6) is 0.462. The summed E-state index contributed by atoms with van der Waals surface area (Å²) in [6, 6.07) is 19.1. The zero-order valence-corrected chi connectivity index (χ0v) is 18.2. The molecule has 7 heteroatoms. The Morgan fingerprint density at radius 2 is 1.68 bits per heavy atom. The zero-order chi connectivity index (χ0) is 22.4. The molecule has 0 saturated carbocycles. The predicted molar refractivity (Wildman–Crippen MR) is 122 cm³/mol. The van der Waals surface area contributed by atoms with Crippen molar-refractivity contribution in [1.82, 2.24) is 0 Å². The number of amides is 2. The number of hydrogen-bond acceptors (Lipinski definition) is 4. The van der Waals surface area contributed by atoms with Crippen molar-refractivity contribution in [3.63, 3.8) is 0 Å². The first kappa shape index (κ1) is 22.2. The third-order valence-corrected chi connectivity index (χ3v) is 4.91. The largest absolute Gasteiger partial charge is 0.495 e. The molecule has 2 amide bonds. The van der Waals surface area contributed by atoms with E-state index in [2.05, 4.69) is 10.6 Å². The van der Waals surface area contributed by atoms with Crippen LogP contribution in [0.5, 0.6) is 11.5 Å². The molecule has 0 aromatic heterocycles. The van der Waals surface area contributed by atoms with Crippen LogP contribution in [0.1, 0.15) is 22.8 Å². The van der Waals surface area contributed by atoms with E-state index in [4.69, 9.17) is 21.1 Å². The second kappa shape index (κ2) is 10.00. The van der Waals surface area contributed by atoms with Crippen molar-refractivity contribution >= 4 is 34.8 Å². The van der Waals surface area contributed by atoms with Crippen molar-refractivity contribution in [3.8, 4) is 11.5 Å². The highest BCUT2D eigenvalue weighted by molar-refractivity contribution is 6.32. The van der Waals surface area contributed by atoms with E-state index in [1.807, 2.05) is 31.2 Å². The minimum Gasteiger partial charge on any atom is -0.495 e. The van der Waals surface area contributed by atoms with Crippen LogP contribution in [-0.4, -0.2) is 25.0 Å². The number of methoxy groups -OCH3 is 1. The number of carbonyl (C=O) groups is 2. The SMILES string of the molecule is COc1ccc(NC(=O)c2ccc(OC(C)C(=O)Nc3ccccc3C)cc2)cc1Cl. The van der Waals surface area contributed by atoms with Gasteiger partial charge < -0.3 is 20.1 Å². The van der Waals surface area contributed by atoms with Crippen LogP contribution in [0.15, 0.2) is 66.7 Å². The normalized spacial score (nSPS) is 11.4. The molecule has 0 bridgehead atoms. The van der Waals surface area contributed by atoms with Gasteiger partial charge in [-0.1, -0.05) is 29.8 Å². The highest BCUT2D eigenvalue weighted by atomic mass is 35.5. The van der Waals surface area contributed by atoms with E-state index in [9.17, 15) is 9.59 Å². The first-order valence-electron chi connectivity index (χ1n) is 9.65. The summed E-state index contributed by atoms with van der Waals surface area (Å²) in [7, 11) is 1.52. The quantitative estimate of drug-likeness (QED) is 0.523. The fourth-order valence-electron chi connectivity index (χ4n) is 2.84.